The highest BCUT2D eigenvalue weighted by Crippen LogP contribution is 2.12. The SMILES string of the molecule is CC/C=C(\C)c1cc(C)ccn1. The molecule has 1 nitrogen and oxygen atoms in total. The highest BCUT2D eigenvalue weighted by atomic mass is 14.7. The van der Waals surface area contributed by atoms with Crippen LogP contribution in [0.3, 0.4) is 0 Å². The van der Waals surface area contributed by atoms with Gasteiger partial charge < -0.3 is 0 Å². The summed E-state index contributed by atoms with van der Waals surface area (Å²) >= 11 is 0. The summed E-state index contributed by atoms with van der Waals surface area (Å²) in [6.45, 7) is 6.33. The number of aromatic nitrogens is 1. The molecule has 0 aliphatic carbocycles. The maximum Gasteiger partial charge on any atom is 0.0658 e. The van der Waals surface area contributed by atoms with E-state index in [2.05, 4.69) is 37.9 Å². The van der Waals surface area contributed by atoms with Crippen LogP contribution in [0, 0.1) is 6.92 Å². The molecule has 0 saturated carbocycles. The van der Waals surface area contributed by atoms with Gasteiger partial charge in [-0.2, -0.15) is 0 Å². The number of aryl methyl sites for hydroxylation is 1. The fourth-order valence-corrected chi connectivity index (χ4v) is 1.16. The Morgan fingerprint density at radius 1 is 1.58 bits per heavy atom. The number of pyridine rings is 1. The molecule has 0 fully saturated rings. The Morgan fingerprint density at radius 3 is 2.92 bits per heavy atom. The van der Waals surface area contributed by atoms with Crippen molar-refractivity contribution >= 4 is 5.57 Å². The van der Waals surface area contributed by atoms with Gasteiger partial charge in [-0.1, -0.05) is 13.0 Å². The van der Waals surface area contributed by atoms with E-state index in [0.717, 1.165) is 12.1 Å². The molecule has 1 heterocycles. The fourth-order valence-electron chi connectivity index (χ4n) is 1.16. The normalized spacial score (nSPS) is 11.8. The third kappa shape index (κ3) is 2.19. The van der Waals surface area contributed by atoms with E-state index < -0.39 is 0 Å². The molecule has 0 atom stereocenters. The third-order valence-corrected chi connectivity index (χ3v) is 1.83. The van der Waals surface area contributed by atoms with Crippen LogP contribution in [-0.4, -0.2) is 4.98 Å². The highest BCUT2D eigenvalue weighted by molar-refractivity contribution is 5.60. The van der Waals surface area contributed by atoms with Gasteiger partial charge in [-0.15, -0.1) is 0 Å². The molecule has 12 heavy (non-hydrogen) atoms. The summed E-state index contributed by atoms with van der Waals surface area (Å²) < 4.78 is 0. The predicted molar refractivity (Wildman–Crippen MR) is 52.9 cm³/mol. The van der Waals surface area contributed by atoms with E-state index in [1.165, 1.54) is 11.1 Å². The summed E-state index contributed by atoms with van der Waals surface area (Å²) in [5.74, 6) is 0. The van der Waals surface area contributed by atoms with Crippen LogP contribution >= 0.6 is 0 Å². The van der Waals surface area contributed by atoms with Crippen molar-refractivity contribution in [3.8, 4) is 0 Å². The number of nitrogens with zero attached hydrogens (tertiary/aromatic N) is 1. The molecule has 0 unspecified atom stereocenters. The number of allylic oxidation sites excluding steroid dienone is 2. The van der Waals surface area contributed by atoms with Crippen molar-refractivity contribution in [2.45, 2.75) is 27.2 Å². The van der Waals surface area contributed by atoms with E-state index in [1.54, 1.807) is 0 Å². The standard InChI is InChI=1S/C11H15N/c1-4-5-10(3)11-8-9(2)6-7-12-11/h5-8H,4H2,1-3H3/b10-5+. The Bertz CT molecular complexity index is 287. The zero-order valence-corrected chi connectivity index (χ0v) is 7.96. The lowest BCUT2D eigenvalue weighted by Gasteiger charge is -2.00. The van der Waals surface area contributed by atoms with Crippen molar-refractivity contribution in [3.05, 3.63) is 35.7 Å². The van der Waals surface area contributed by atoms with E-state index in [1.807, 2.05) is 12.3 Å². The minimum absolute atomic E-state index is 1.07. The number of hydrogen-bond acceptors (Lipinski definition) is 1. The summed E-state index contributed by atoms with van der Waals surface area (Å²) in [6, 6.07) is 4.13. The topological polar surface area (TPSA) is 12.9 Å². The summed E-state index contributed by atoms with van der Waals surface area (Å²) in [4.78, 5) is 4.29. The number of hydrogen-bond donors (Lipinski definition) is 0. The summed E-state index contributed by atoms with van der Waals surface area (Å²) in [7, 11) is 0. The molecular weight excluding hydrogens is 146 g/mol. The molecule has 0 radical (unpaired) electrons. The van der Waals surface area contributed by atoms with Crippen LogP contribution in [-0.2, 0) is 0 Å². The maximum absolute atomic E-state index is 4.29. The van der Waals surface area contributed by atoms with Crippen LogP contribution in [0.2, 0.25) is 0 Å². The lowest BCUT2D eigenvalue weighted by molar-refractivity contribution is 1.19. The van der Waals surface area contributed by atoms with E-state index in [-0.39, 0.29) is 0 Å². The largest absolute Gasteiger partial charge is 0.257 e. The van der Waals surface area contributed by atoms with Crippen LogP contribution < -0.4 is 0 Å². The third-order valence-electron chi connectivity index (χ3n) is 1.83. The smallest absolute Gasteiger partial charge is 0.0658 e. The summed E-state index contributed by atoms with van der Waals surface area (Å²) in [5.41, 5.74) is 3.63. The van der Waals surface area contributed by atoms with Gasteiger partial charge >= 0.3 is 0 Å². The average Bonchev–Trinajstić information content (AvgIpc) is 2.05. The Morgan fingerprint density at radius 2 is 2.33 bits per heavy atom. The van der Waals surface area contributed by atoms with Crippen molar-refractivity contribution in [3.63, 3.8) is 0 Å². The zero-order valence-electron chi connectivity index (χ0n) is 7.96. The second kappa shape index (κ2) is 4.05. The molecule has 0 bridgehead atoms. The monoisotopic (exact) mass is 161 g/mol. The van der Waals surface area contributed by atoms with Crippen molar-refractivity contribution in [1.29, 1.82) is 0 Å². The fraction of sp³-hybridized carbons (Fsp3) is 0.364. The van der Waals surface area contributed by atoms with Crippen molar-refractivity contribution in [1.82, 2.24) is 4.98 Å². The van der Waals surface area contributed by atoms with Gasteiger partial charge in [0.25, 0.3) is 0 Å². The van der Waals surface area contributed by atoms with Gasteiger partial charge in [0, 0.05) is 6.20 Å². The molecule has 0 spiro atoms. The molecule has 0 aliphatic heterocycles. The number of rotatable bonds is 2. The van der Waals surface area contributed by atoms with Crippen molar-refractivity contribution in [2.24, 2.45) is 0 Å². The second-order valence-corrected chi connectivity index (χ2v) is 3.01. The van der Waals surface area contributed by atoms with Crippen molar-refractivity contribution < 1.29 is 0 Å². The predicted octanol–water partition coefficient (Wildman–Crippen LogP) is 3.20. The van der Waals surface area contributed by atoms with Crippen LogP contribution in [0.4, 0.5) is 0 Å². The molecule has 64 valence electrons. The van der Waals surface area contributed by atoms with Crippen LogP contribution in [0.15, 0.2) is 24.4 Å². The first-order chi connectivity index (χ1) is 5.74. The Balaban J connectivity index is 2.95. The van der Waals surface area contributed by atoms with Gasteiger partial charge in [0.15, 0.2) is 0 Å². The van der Waals surface area contributed by atoms with Crippen LogP contribution in [0.25, 0.3) is 5.57 Å². The van der Waals surface area contributed by atoms with Crippen molar-refractivity contribution in [2.75, 3.05) is 0 Å². The van der Waals surface area contributed by atoms with Crippen LogP contribution in [0.1, 0.15) is 31.5 Å². The lowest BCUT2D eigenvalue weighted by Crippen LogP contribution is -1.86. The molecule has 0 N–H and O–H groups in total. The van der Waals surface area contributed by atoms with E-state index >= 15 is 0 Å². The summed E-state index contributed by atoms with van der Waals surface area (Å²) in [6.07, 6.45) is 5.13. The summed E-state index contributed by atoms with van der Waals surface area (Å²) in [5, 5.41) is 0. The molecule has 0 aromatic carbocycles. The Hall–Kier alpha value is -1.11. The molecule has 0 aliphatic rings. The van der Waals surface area contributed by atoms with E-state index in [0.29, 0.717) is 0 Å². The van der Waals surface area contributed by atoms with Gasteiger partial charge in [-0.3, -0.25) is 4.98 Å². The average molecular weight is 161 g/mol. The lowest BCUT2D eigenvalue weighted by atomic mass is 10.1. The second-order valence-electron chi connectivity index (χ2n) is 3.01. The first-order valence-electron chi connectivity index (χ1n) is 4.34. The Kier molecular flexibility index (Phi) is 3.03. The molecule has 1 rings (SSSR count). The zero-order chi connectivity index (χ0) is 8.97. The first kappa shape index (κ1) is 8.98. The van der Waals surface area contributed by atoms with Gasteiger partial charge in [-0.05, 0) is 43.5 Å². The minimum atomic E-state index is 1.07. The first-order valence-corrected chi connectivity index (χ1v) is 4.34. The molecule has 0 amide bonds. The molecule has 1 heteroatoms. The molecule has 0 saturated heterocycles. The van der Waals surface area contributed by atoms with E-state index in [9.17, 15) is 0 Å². The quantitative estimate of drug-likeness (QED) is 0.649. The molecular formula is C11H15N. The van der Waals surface area contributed by atoms with Gasteiger partial charge in [0.1, 0.15) is 0 Å². The molecule has 1 aromatic heterocycles. The minimum Gasteiger partial charge on any atom is -0.257 e. The Labute approximate surface area is 74.2 Å². The van der Waals surface area contributed by atoms with Crippen LogP contribution in [0.5, 0.6) is 0 Å². The van der Waals surface area contributed by atoms with Gasteiger partial charge in [-0.25, -0.2) is 0 Å². The molecule has 1 aromatic rings. The highest BCUT2D eigenvalue weighted by Gasteiger charge is 1.95. The van der Waals surface area contributed by atoms with Gasteiger partial charge in [0.2, 0.25) is 0 Å². The van der Waals surface area contributed by atoms with E-state index in [4.69, 9.17) is 0 Å². The van der Waals surface area contributed by atoms with Gasteiger partial charge in [0.05, 0.1) is 5.69 Å². The maximum atomic E-state index is 4.29.